The number of nitrogens with zero attached hydrogens (tertiary/aromatic N) is 2. The predicted octanol–water partition coefficient (Wildman–Crippen LogP) is 1.60. The zero-order valence-corrected chi connectivity index (χ0v) is 18.4. The summed E-state index contributed by atoms with van der Waals surface area (Å²) in [6.07, 6.45) is 2.02. The van der Waals surface area contributed by atoms with Gasteiger partial charge in [0.25, 0.3) is 0 Å². The van der Waals surface area contributed by atoms with Crippen molar-refractivity contribution in [2.45, 2.75) is 50.1 Å². The van der Waals surface area contributed by atoms with Crippen molar-refractivity contribution in [2.24, 2.45) is 11.8 Å². The summed E-state index contributed by atoms with van der Waals surface area (Å²) in [4.78, 5) is 29.3. The normalized spacial score (nSPS) is 31.1. The summed E-state index contributed by atoms with van der Waals surface area (Å²) in [5.41, 5.74) is -0.376. The maximum atomic E-state index is 12.9. The highest BCUT2D eigenvalue weighted by Gasteiger charge is 2.43. The quantitative estimate of drug-likeness (QED) is 0.737. The van der Waals surface area contributed by atoms with Gasteiger partial charge in [-0.3, -0.25) is 9.59 Å². The third kappa shape index (κ3) is 4.18. The van der Waals surface area contributed by atoms with Crippen molar-refractivity contribution in [1.29, 1.82) is 0 Å². The second kappa shape index (κ2) is 7.85. The summed E-state index contributed by atoms with van der Waals surface area (Å²) < 4.78 is 28.3. The number of carbonyl (C=O) groups excluding carboxylic acids is 2. The molecular formula is C21H30N4O4S. The molecule has 3 aliphatic rings. The fraction of sp³-hybridized carbons (Fsp3) is 0.619. The van der Waals surface area contributed by atoms with Gasteiger partial charge in [-0.1, -0.05) is 26.0 Å². The number of hydrogen-bond acceptors (Lipinski definition) is 5. The van der Waals surface area contributed by atoms with Crippen LogP contribution in [0.2, 0.25) is 0 Å². The molecule has 3 heterocycles. The first-order valence-corrected chi connectivity index (χ1v) is 12.1. The van der Waals surface area contributed by atoms with E-state index >= 15 is 0 Å². The number of hydrogen-bond donors (Lipinski definition) is 2. The Balaban J connectivity index is 1.47. The molecule has 30 heavy (non-hydrogen) atoms. The Morgan fingerprint density at radius 1 is 1.17 bits per heavy atom. The lowest BCUT2D eigenvalue weighted by Gasteiger charge is -2.39. The van der Waals surface area contributed by atoms with E-state index in [1.54, 1.807) is 29.2 Å². The molecule has 0 aromatic heterocycles. The Labute approximate surface area is 178 Å². The van der Waals surface area contributed by atoms with Crippen molar-refractivity contribution in [3.05, 3.63) is 24.3 Å². The lowest BCUT2D eigenvalue weighted by atomic mass is 9.92. The van der Waals surface area contributed by atoms with Crippen molar-refractivity contribution in [3.63, 3.8) is 0 Å². The first kappa shape index (κ1) is 21.1. The van der Waals surface area contributed by atoms with E-state index in [0.717, 1.165) is 19.5 Å². The van der Waals surface area contributed by atoms with Gasteiger partial charge in [0, 0.05) is 32.5 Å². The average molecular weight is 435 g/mol. The summed E-state index contributed by atoms with van der Waals surface area (Å²) in [5.74, 6) is 0.779. The number of para-hydroxylation sites is 1. The van der Waals surface area contributed by atoms with E-state index in [2.05, 4.69) is 23.9 Å². The molecular weight excluding hydrogens is 404 g/mol. The molecule has 1 aromatic rings. The molecule has 0 aliphatic carbocycles. The second-order valence-corrected chi connectivity index (χ2v) is 10.8. The fourth-order valence-corrected chi connectivity index (χ4v) is 6.52. The van der Waals surface area contributed by atoms with Crippen LogP contribution in [-0.4, -0.2) is 61.9 Å². The maximum absolute atomic E-state index is 12.9. The van der Waals surface area contributed by atoms with E-state index in [1.807, 2.05) is 4.90 Å². The summed E-state index contributed by atoms with van der Waals surface area (Å²) >= 11 is 0. The van der Waals surface area contributed by atoms with Crippen molar-refractivity contribution in [1.82, 2.24) is 14.5 Å². The molecule has 2 saturated heterocycles. The Kier molecular flexibility index (Phi) is 5.52. The van der Waals surface area contributed by atoms with Crippen molar-refractivity contribution >= 4 is 27.5 Å². The molecule has 0 saturated carbocycles. The molecule has 0 radical (unpaired) electrons. The highest BCUT2D eigenvalue weighted by atomic mass is 32.2. The van der Waals surface area contributed by atoms with Crippen LogP contribution in [0.15, 0.2) is 29.2 Å². The number of nitrogens with one attached hydrogen (secondary N) is 2. The number of piperidine rings is 1. The number of anilines is 1. The summed E-state index contributed by atoms with van der Waals surface area (Å²) in [5, 5.41) is 3.31. The number of amides is 2. The number of carbonyl (C=O) groups is 2. The van der Waals surface area contributed by atoms with Crippen LogP contribution >= 0.6 is 0 Å². The summed E-state index contributed by atoms with van der Waals surface area (Å²) in [6, 6.07) is 6.77. The molecule has 2 amide bonds. The van der Waals surface area contributed by atoms with Gasteiger partial charge in [-0.05, 0) is 36.8 Å². The van der Waals surface area contributed by atoms with Crippen LogP contribution in [-0.2, 0) is 19.6 Å². The molecule has 9 heteroatoms. The zero-order chi connectivity index (χ0) is 21.5. The van der Waals surface area contributed by atoms with Crippen LogP contribution in [0.4, 0.5) is 5.69 Å². The van der Waals surface area contributed by atoms with Crippen molar-refractivity contribution in [3.8, 4) is 0 Å². The van der Waals surface area contributed by atoms with E-state index in [4.69, 9.17) is 0 Å². The predicted molar refractivity (Wildman–Crippen MR) is 113 cm³/mol. The summed E-state index contributed by atoms with van der Waals surface area (Å²) in [6.45, 7) is 6.13. The van der Waals surface area contributed by atoms with Gasteiger partial charge in [0.2, 0.25) is 21.8 Å². The van der Waals surface area contributed by atoms with Crippen LogP contribution in [0, 0.1) is 11.8 Å². The minimum atomic E-state index is -3.67. The van der Waals surface area contributed by atoms with Crippen molar-refractivity contribution < 1.29 is 18.0 Å². The minimum absolute atomic E-state index is 0.0276. The van der Waals surface area contributed by atoms with Gasteiger partial charge in [0.05, 0.1) is 12.2 Å². The van der Waals surface area contributed by atoms with E-state index < -0.39 is 15.7 Å². The highest BCUT2D eigenvalue weighted by Crippen LogP contribution is 2.35. The molecule has 1 aromatic carbocycles. The number of benzene rings is 1. The van der Waals surface area contributed by atoms with E-state index in [-0.39, 0.29) is 29.7 Å². The van der Waals surface area contributed by atoms with Crippen LogP contribution in [0.25, 0.3) is 0 Å². The van der Waals surface area contributed by atoms with E-state index in [1.165, 1.54) is 0 Å². The summed E-state index contributed by atoms with van der Waals surface area (Å²) in [7, 11) is -3.67. The Bertz CT molecular complexity index is 940. The minimum Gasteiger partial charge on any atom is -0.365 e. The van der Waals surface area contributed by atoms with Gasteiger partial charge in [0.15, 0.2) is 0 Å². The van der Waals surface area contributed by atoms with Gasteiger partial charge in [-0.25, -0.2) is 8.42 Å². The highest BCUT2D eigenvalue weighted by molar-refractivity contribution is 7.89. The number of fused-ring (bicyclic) bond motifs is 1. The SMILES string of the molecule is C[C@@H]1C[C@@H](C)CN(C(=O)CN2CC[C@]3(CCC2=O)Nc2ccccc2S(=O)(=O)N3)C1. The van der Waals surface area contributed by atoms with E-state index in [0.29, 0.717) is 36.9 Å². The van der Waals surface area contributed by atoms with E-state index in [9.17, 15) is 18.0 Å². The average Bonchev–Trinajstić information content (AvgIpc) is 2.81. The topological polar surface area (TPSA) is 98.8 Å². The Hall–Kier alpha value is -2.13. The lowest BCUT2D eigenvalue weighted by Crippen LogP contribution is -2.57. The first-order chi connectivity index (χ1) is 14.2. The largest absolute Gasteiger partial charge is 0.365 e. The van der Waals surface area contributed by atoms with Gasteiger partial charge in [-0.15, -0.1) is 0 Å². The molecule has 3 atom stereocenters. The van der Waals surface area contributed by atoms with Gasteiger partial charge < -0.3 is 15.1 Å². The van der Waals surface area contributed by atoms with Crippen LogP contribution < -0.4 is 10.0 Å². The molecule has 0 unspecified atom stereocenters. The number of sulfonamides is 1. The van der Waals surface area contributed by atoms with Gasteiger partial charge in [0.1, 0.15) is 10.6 Å². The molecule has 3 aliphatic heterocycles. The monoisotopic (exact) mass is 434 g/mol. The molecule has 0 bridgehead atoms. The van der Waals surface area contributed by atoms with Gasteiger partial charge in [-0.2, -0.15) is 4.72 Å². The third-order valence-electron chi connectivity index (χ3n) is 6.35. The van der Waals surface area contributed by atoms with Gasteiger partial charge >= 0.3 is 0 Å². The van der Waals surface area contributed by atoms with Crippen LogP contribution in [0.5, 0.6) is 0 Å². The Morgan fingerprint density at radius 2 is 1.87 bits per heavy atom. The molecule has 8 nitrogen and oxygen atoms in total. The molecule has 1 spiro atoms. The van der Waals surface area contributed by atoms with Crippen LogP contribution in [0.3, 0.4) is 0 Å². The van der Waals surface area contributed by atoms with Crippen LogP contribution in [0.1, 0.15) is 39.5 Å². The zero-order valence-electron chi connectivity index (χ0n) is 17.6. The second-order valence-electron chi connectivity index (χ2n) is 9.12. The van der Waals surface area contributed by atoms with Crippen molar-refractivity contribution in [2.75, 3.05) is 31.5 Å². The molecule has 2 N–H and O–H groups in total. The molecule has 164 valence electrons. The molecule has 2 fully saturated rings. The Morgan fingerprint density at radius 3 is 2.60 bits per heavy atom. The third-order valence-corrected chi connectivity index (χ3v) is 7.95. The maximum Gasteiger partial charge on any atom is 0.244 e. The first-order valence-electron chi connectivity index (χ1n) is 10.6. The fourth-order valence-electron chi connectivity index (χ4n) is 4.98. The number of likely N-dealkylation sites (tertiary alicyclic amines) is 2. The number of rotatable bonds is 2. The smallest absolute Gasteiger partial charge is 0.244 e. The molecule has 4 rings (SSSR count). The lowest BCUT2D eigenvalue weighted by molar-refractivity contribution is -0.141. The standard InChI is InChI=1S/C21H30N4O4S/c1-15-11-16(2)13-25(12-15)20(27)14-24-10-9-21(8-7-19(24)26)22-17-5-3-4-6-18(17)30(28,29)23-21/h3-6,15-16,22-23H,7-14H2,1-2H3/t15-,16-,21-/m1/s1.